The maximum Gasteiger partial charge on any atom is 0.418 e. The highest BCUT2D eigenvalue weighted by molar-refractivity contribution is 6.01. The first kappa shape index (κ1) is 17.6. The van der Waals surface area contributed by atoms with Crippen LogP contribution in [-0.4, -0.2) is 10.6 Å². The predicted octanol–water partition coefficient (Wildman–Crippen LogP) is 5.45. The zero-order chi connectivity index (χ0) is 18.7. The minimum Gasteiger partial charge on any atom is -0.322 e. The molecule has 0 spiro atoms. The Hall–Kier alpha value is -3.22. The number of benzene rings is 2. The van der Waals surface area contributed by atoms with E-state index in [0.717, 1.165) is 11.6 Å². The van der Waals surface area contributed by atoms with Crippen LogP contribution in [0.25, 0.3) is 5.69 Å². The summed E-state index contributed by atoms with van der Waals surface area (Å²) in [6.07, 6.45) is -0.928. The van der Waals surface area contributed by atoms with Crippen molar-refractivity contribution in [3.63, 3.8) is 0 Å². The molecule has 0 saturated carbocycles. The summed E-state index contributed by atoms with van der Waals surface area (Å²) in [6.45, 7) is 1.86. The Labute approximate surface area is 148 Å². The van der Waals surface area contributed by atoms with Gasteiger partial charge in [-0.2, -0.15) is 13.2 Å². The zero-order valence-electron chi connectivity index (χ0n) is 13.8. The summed E-state index contributed by atoms with van der Waals surface area (Å²) >= 11 is 0. The molecule has 2 N–H and O–H groups in total. The van der Waals surface area contributed by atoms with Crippen LogP contribution in [0.2, 0.25) is 0 Å². The van der Waals surface area contributed by atoms with Crippen LogP contribution in [0.1, 0.15) is 11.1 Å². The van der Waals surface area contributed by atoms with Crippen LogP contribution in [0.5, 0.6) is 0 Å². The molecule has 0 fully saturated rings. The normalized spacial score (nSPS) is 11.2. The molecule has 0 atom stereocenters. The van der Waals surface area contributed by atoms with Crippen molar-refractivity contribution < 1.29 is 18.0 Å². The Bertz CT molecular complexity index is 918. The van der Waals surface area contributed by atoms with E-state index < -0.39 is 17.8 Å². The Kier molecular flexibility index (Phi) is 4.71. The molecule has 0 unspecified atom stereocenters. The third-order valence-corrected chi connectivity index (χ3v) is 3.76. The van der Waals surface area contributed by atoms with E-state index in [9.17, 15) is 18.0 Å². The lowest BCUT2D eigenvalue weighted by Crippen LogP contribution is -2.22. The Morgan fingerprint density at radius 2 is 1.58 bits per heavy atom. The number of aryl methyl sites for hydroxylation is 1. The lowest BCUT2D eigenvalue weighted by molar-refractivity contribution is -0.136. The summed E-state index contributed by atoms with van der Waals surface area (Å²) in [5.74, 6) is 0. The van der Waals surface area contributed by atoms with Crippen molar-refractivity contribution in [1.29, 1.82) is 0 Å². The van der Waals surface area contributed by atoms with Gasteiger partial charge < -0.3 is 15.2 Å². The number of nitrogens with one attached hydrogen (secondary N) is 2. The second kappa shape index (κ2) is 6.95. The van der Waals surface area contributed by atoms with Crippen molar-refractivity contribution in [1.82, 2.24) is 4.57 Å². The highest BCUT2D eigenvalue weighted by Crippen LogP contribution is 2.34. The van der Waals surface area contributed by atoms with Gasteiger partial charge in [0, 0.05) is 12.4 Å². The van der Waals surface area contributed by atoms with Gasteiger partial charge in [0.05, 0.1) is 22.6 Å². The van der Waals surface area contributed by atoms with Gasteiger partial charge in [0.1, 0.15) is 0 Å². The highest BCUT2D eigenvalue weighted by atomic mass is 19.4. The molecule has 7 heteroatoms. The van der Waals surface area contributed by atoms with Crippen LogP contribution >= 0.6 is 0 Å². The lowest BCUT2D eigenvalue weighted by Gasteiger charge is -2.16. The number of para-hydroxylation sites is 1. The van der Waals surface area contributed by atoms with E-state index in [1.54, 1.807) is 10.6 Å². The topological polar surface area (TPSA) is 46.1 Å². The van der Waals surface area contributed by atoms with E-state index in [2.05, 4.69) is 10.6 Å². The second-order valence-electron chi connectivity index (χ2n) is 5.73. The SMILES string of the molecule is Cc1ccc(-n2cccc2)c(NC(=O)Nc2ccccc2C(F)(F)F)c1. The average molecular weight is 359 g/mol. The fraction of sp³-hybridized carbons (Fsp3) is 0.105. The third-order valence-electron chi connectivity index (χ3n) is 3.76. The van der Waals surface area contributed by atoms with E-state index in [-0.39, 0.29) is 5.69 Å². The van der Waals surface area contributed by atoms with Crippen molar-refractivity contribution in [3.8, 4) is 5.69 Å². The first-order chi connectivity index (χ1) is 12.3. The van der Waals surface area contributed by atoms with Gasteiger partial charge in [-0.3, -0.25) is 0 Å². The molecule has 26 heavy (non-hydrogen) atoms. The fourth-order valence-electron chi connectivity index (χ4n) is 2.59. The molecule has 1 aromatic heterocycles. The van der Waals surface area contributed by atoms with Crippen LogP contribution in [0, 0.1) is 6.92 Å². The molecular weight excluding hydrogens is 343 g/mol. The van der Waals surface area contributed by atoms with Crippen molar-refractivity contribution in [2.24, 2.45) is 0 Å². The quantitative estimate of drug-likeness (QED) is 0.642. The zero-order valence-corrected chi connectivity index (χ0v) is 13.8. The van der Waals surface area contributed by atoms with Crippen LogP contribution in [0.4, 0.5) is 29.3 Å². The van der Waals surface area contributed by atoms with Gasteiger partial charge in [-0.05, 0) is 48.9 Å². The molecule has 2 amide bonds. The second-order valence-corrected chi connectivity index (χ2v) is 5.73. The first-order valence-electron chi connectivity index (χ1n) is 7.83. The fourth-order valence-corrected chi connectivity index (χ4v) is 2.59. The van der Waals surface area contributed by atoms with Gasteiger partial charge in [-0.1, -0.05) is 18.2 Å². The van der Waals surface area contributed by atoms with Crippen molar-refractivity contribution in [2.45, 2.75) is 13.1 Å². The summed E-state index contributed by atoms with van der Waals surface area (Å²) in [5, 5.41) is 4.91. The molecule has 2 aromatic carbocycles. The number of amides is 2. The molecule has 3 aromatic rings. The van der Waals surface area contributed by atoms with Crippen LogP contribution < -0.4 is 10.6 Å². The third kappa shape index (κ3) is 3.88. The number of hydrogen-bond acceptors (Lipinski definition) is 1. The Morgan fingerprint density at radius 1 is 0.923 bits per heavy atom. The van der Waals surface area contributed by atoms with Crippen molar-refractivity contribution >= 4 is 17.4 Å². The molecule has 134 valence electrons. The molecule has 0 saturated heterocycles. The molecular formula is C19H16F3N3O. The number of nitrogens with zero attached hydrogens (tertiary/aromatic N) is 1. The molecule has 0 aliphatic rings. The van der Waals surface area contributed by atoms with Crippen LogP contribution in [0.3, 0.4) is 0 Å². The standard InChI is InChI=1S/C19H16F3N3O/c1-13-8-9-17(25-10-4-5-11-25)16(12-13)24-18(26)23-15-7-3-2-6-14(15)19(20,21)22/h2-12H,1H3,(H2,23,24,26). The predicted molar refractivity (Wildman–Crippen MR) is 94.6 cm³/mol. The summed E-state index contributed by atoms with van der Waals surface area (Å²) in [5.41, 5.74) is 0.910. The number of urea groups is 1. The number of carbonyl (C=O) groups excluding carboxylic acids is 1. The van der Waals surface area contributed by atoms with Crippen LogP contribution in [0.15, 0.2) is 67.0 Å². The number of aromatic nitrogens is 1. The van der Waals surface area contributed by atoms with Crippen molar-refractivity contribution in [3.05, 3.63) is 78.1 Å². The van der Waals surface area contributed by atoms with E-state index in [0.29, 0.717) is 11.4 Å². The van der Waals surface area contributed by atoms with Crippen LogP contribution in [-0.2, 0) is 6.18 Å². The molecule has 0 aliphatic carbocycles. The molecule has 0 aliphatic heterocycles. The summed E-state index contributed by atoms with van der Waals surface area (Å²) in [6, 6.07) is 13.2. The molecule has 3 rings (SSSR count). The lowest BCUT2D eigenvalue weighted by atomic mass is 10.1. The molecule has 1 heterocycles. The largest absolute Gasteiger partial charge is 0.418 e. The van der Waals surface area contributed by atoms with Gasteiger partial charge in [0.25, 0.3) is 0 Å². The van der Waals surface area contributed by atoms with E-state index in [4.69, 9.17) is 0 Å². The Balaban J connectivity index is 1.85. The molecule has 0 bridgehead atoms. The van der Waals surface area contributed by atoms with Crippen molar-refractivity contribution in [2.75, 3.05) is 10.6 Å². The number of rotatable bonds is 3. The minimum atomic E-state index is -4.55. The first-order valence-corrected chi connectivity index (χ1v) is 7.83. The molecule has 4 nitrogen and oxygen atoms in total. The number of carbonyl (C=O) groups is 1. The van der Waals surface area contributed by atoms with Gasteiger partial charge in [-0.15, -0.1) is 0 Å². The van der Waals surface area contributed by atoms with E-state index in [1.807, 2.05) is 43.6 Å². The smallest absolute Gasteiger partial charge is 0.322 e. The Morgan fingerprint density at radius 3 is 2.27 bits per heavy atom. The van der Waals surface area contributed by atoms with Gasteiger partial charge in [0.15, 0.2) is 0 Å². The summed E-state index contributed by atoms with van der Waals surface area (Å²) in [7, 11) is 0. The van der Waals surface area contributed by atoms with Gasteiger partial charge in [0.2, 0.25) is 0 Å². The van der Waals surface area contributed by atoms with Gasteiger partial charge in [-0.25, -0.2) is 4.79 Å². The number of hydrogen-bond donors (Lipinski definition) is 2. The van der Waals surface area contributed by atoms with Gasteiger partial charge >= 0.3 is 12.2 Å². The average Bonchev–Trinajstić information content (AvgIpc) is 3.08. The minimum absolute atomic E-state index is 0.298. The van der Waals surface area contributed by atoms with E-state index in [1.165, 1.54) is 18.2 Å². The maximum atomic E-state index is 13.1. The molecule has 0 radical (unpaired) electrons. The monoisotopic (exact) mass is 359 g/mol. The maximum absolute atomic E-state index is 13.1. The number of anilines is 2. The summed E-state index contributed by atoms with van der Waals surface area (Å²) < 4.78 is 41.0. The number of alkyl halides is 3. The number of halogens is 3. The summed E-state index contributed by atoms with van der Waals surface area (Å²) in [4.78, 5) is 12.3. The van der Waals surface area contributed by atoms with E-state index >= 15 is 0 Å². The highest BCUT2D eigenvalue weighted by Gasteiger charge is 2.33.